The van der Waals surface area contributed by atoms with E-state index in [0.717, 1.165) is 4.57 Å². The molecule has 8 nitrogen and oxygen atoms in total. The van der Waals surface area contributed by atoms with E-state index < -0.39 is 17.2 Å². The molecule has 3 heterocycles. The summed E-state index contributed by atoms with van der Waals surface area (Å²) >= 11 is 0. The summed E-state index contributed by atoms with van der Waals surface area (Å²) < 4.78 is 7.24. The fraction of sp³-hybridized carbons (Fsp3) is 0.200. The zero-order chi connectivity index (χ0) is 16.4. The van der Waals surface area contributed by atoms with Crippen molar-refractivity contribution in [3.05, 3.63) is 63.3 Å². The average Bonchev–Trinajstić information content (AvgIpc) is 3.08. The summed E-state index contributed by atoms with van der Waals surface area (Å²) in [7, 11) is 1.51. The largest absolute Gasteiger partial charge is 0.467 e. The van der Waals surface area contributed by atoms with Crippen molar-refractivity contribution in [2.24, 2.45) is 7.05 Å². The van der Waals surface area contributed by atoms with Crippen molar-refractivity contribution < 1.29 is 9.21 Å². The minimum atomic E-state index is -0.589. The fourth-order valence-corrected chi connectivity index (χ4v) is 2.27. The lowest BCUT2D eigenvalue weighted by Gasteiger charge is -2.09. The first-order valence-corrected chi connectivity index (χ1v) is 6.91. The van der Waals surface area contributed by atoms with E-state index in [1.54, 1.807) is 24.3 Å². The predicted octanol–water partition coefficient (Wildman–Crippen LogP) is 0.00460. The number of amides is 1. The number of hydrogen-bond acceptors (Lipinski definition) is 5. The van der Waals surface area contributed by atoms with Gasteiger partial charge in [0.15, 0.2) is 0 Å². The highest BCUT2D eigenvalue weighted by Crippen LogP contribution is 2.02. The molecule has 0 radical (unpaired) electrons. The summed E-state index contributed by atoms with van der Waals surface area (Å²) in [5.74, 6) is 0.130. The molecule has 0 aliphatic rings. The lowest BCUT2D eigenvalue weighted by atomic mass is 10.3. The molecule has 23 heavy (non-hydrogen) atoms. The van der Waals surface area contributed by atoms with Gasteiger partial charge in [-0.05, 0) is 24.3 Å². The van der Waals surface area contributed by atoms with Gasteiger partial charge >= 0.3 is 5.69 Å². The summed E-state index contributed by atoms with van der Waals surface area (Å²) in [4.78, 5) is 40.7. The van der Waals surface area contributed by atoms with Gasteiger partial charge in [-0.1, -0.05) is 0 Å². The molecule has 1 N–H and O–H groups in total. The molecule has 3 rings (SSSR count). The Hall–Kier alpha value is -3.16. The van der Waals surface area contributed by atoms with Gasteiger partial charge in [-0.25, -0.2) is 9.78 Å². The Kier molecular flexibility index (Phi) is 3.80. The van der Waals surface area contributed by atoms with E-state index in [1.165, 1.54) is 24.1 Å². The van der Waals surface area contributed by atoms with Crippen molar-refractivity contribution in [3.8, 4) is 0 Å². The molecule has 0 aliphatic heterocycles. The van der Waals surface area contributed by atoms with Gasteiger partial charge in [0.25, 0.3) is 5.56 Å². The molecule has 0 saturated carbocycles. The zero-order valence-corrected chi connectivity index (χ0v) is 12.4. The number of nitrogens with one attached hydrogen (secondary N) is 1. The van der Waals surface area contributed by atoms with Crippen LogP contribution in [0.25, 0.3) is 11.0 Å². The predicted molar refractivity (Wildman–Crippen MR) is 81.8 cm³/mol. The zero-order valence-electron chi connectivity index (χ0n) is 12.4. The number of rotatable bonds is 4. The highest BCUT2D eigenvalue weighted by atomic mass is 16.3. The number of pyridine rings is 1. The summed E-state index contributed by atoms with van der Waals surface area (Å²) in [6.07, 6.45) is 3.00. The second kappa shape index (κ2) is 5.91. The van der Waals surface area contributed by atoms with Crippen LogP contribution in [0.2, 0.25) is 0 Å². The number of furan rings is 1. The van der Waals surface area contributed by atoms with E-state index in [4.69, 9.17) is 4.42 Å². The van der Waals surface area contributed by atoms with Crippen molar-refractivity contribution >= 4 is 16.9 Å². The van der Waals surface area contributed by atoms with Crippen LogP contribution in [-0.2, 0) is 24.9 Å². The van der Waals surface area contributed by atoms with E-state index in [2.05, 4.69) is 10.3 Å². The Morgan fingerprint density at radius 3 is 2.87 bits per heavy atom. The second-order valence-electron chi connectivity index (χ2n) is 4.96. The number of carbonyl (C=O) groups excluding carboxylic acids is 1. The Morgan fingerprint density at radius 2 is 2.13 bits per heavy atom. The van der Waals surface area contributed by atoms with Crippen LogP contribution in [0.5, 0.6) is 0 Å². The lowest BCUT2D eigenvalue weighted by molar-refractivity contribution is -0.122. The molecule has 1 amide bonds. The van der Waals surface area contributed by atoms with Gasteiger partial charge in [0.05, 0.1) is 18.2 Å². The minimum absolute atomic E-state index is 0.191. The van der Waals surface area contributed by atoms with Crippen LogP contribution in [0.1, 0.15) is 5.76 Å². The molecular formula is C15H14N4O4. The molecule has 0 fully saturated rings. The van der Waals surface area contributed by atoms with Gasteiger partial charge in [0, 0.05) is 13.2 Å². The summed E-state index contributed by atoms with van der Waals surface area (Å²) in [6.45, 7) is -0.174. The first-order chi connectivity index (χ1) is 11.1. The van der Waals surface area contributed by atoms with Crippen LogP contribution in [0.4, 0.5) is 0 Å². The maximum Gasteiger partial charge on any atom is 0.332 e. The standard InChI is InChI=1S/C15H14N4O4/c1-18-13-11(5-2-6-16-13)14(21)19(15(18)22)9-12(20)17-8-10-4-3-7-23-10/h2-7H,8-9H2,1H3,(H,17,20). The topological polar surface area (TPSA) is 99.1 Å². The maximum absolute atomic E-state index is 12.4. The quantitative estimate of drug-likeness (QED) is 0.731. The van der Waals surface area contributed by atoms with Crippen molar-refractivity contribution in [3.63, 3.8) is 0 Å². The molecule has 0 aromatic carbocycles. The van der Waals surface area contributed by atoms with Gasteiger partial charge in [0.2, 0.25) is 5.91 Å². The van der Waals surface area contributed by atoms with Crippen molar-refractivity contribution in [2.75, 3.05) is 0 Å². The smallest absolute Gasteiger partial charge is 0.332 e. The molecule has 0 spiro atoms. The SMILES string of the molecule is Cn1c(=O)n(CC(=O)NCc2ccco2)c(=O)c2cccnc21. The Bertz CT molecular complexity index is 969. The van der Waals surface area contributed by atoms with Crippen LogP contribution in [-0.4, -0.2) is 20.0 Å². The highest BCUT2D eigenvalue weighted by Gasteiger charge is 2.14. The second-order valence-corrected chi connectivity index (χ2v) is 4.96. The fourth-order valence-electron chi connectivity index (χ4n) is 2.27. The molecule has 3 aromatic heterocycles. The molecular weight excluding hydrogens is 300 g/mol. The molecule has 0 atom stereocenters. The lowest BCUT2D eigenvalue weighted by Crippen LogP contribution is -2.43. The Morgan fingerprint density at radius 1 is 1.30 bits per heavy atom. The number of nitrogens with zero attached hydrogens (tertiary/aromatic N) is 3. The molecule has 3 aromatic rings. The Labute approximate surface area is 130 Å². The normalized spacial score (nSPS) is 10.8. The summed E-state index contributed by atoms with van der Waals surface area (Å²) in [6, 6.07) is 6.60. The highest BCUT2D eigenvalue weighted by molar-refractivity contribution is 5.77. The molecule has 0 bridgehead atoms. The number of aryl methyl sites for hydroxylation is 1. The number of fused-ring (bicyclic) bond motifs is 1. The van der Waals surface area contributed by atoms with E-state index >= 15 is 0 Å². The van der Waals surface area contributed by atoms with Crippen LogP contribution < -0.4 is 16.6 Å². The van der Waals surface area contributed by atoms with Crippen LogP contribution in [0.15, 0.2) is 50.7 Å². The average molecular weight is 314 g/mol. The van der Waals surface area contributed by atoms with Gasteiger partial charge in [-0.3, -0.25) is 18.7 Å². The molecule has 8 heteroatoms. The van der Waals surface area contributed by atoms with Crippen LogP contribution >= 0.6 is 0 Å². The van der Waals surface area contributed by atoms with Gasteiger partial charge in [-0.15, -0.1) is 0 Å². The van der Waals surface area contributed by atoms with Gasteiger partial charge in [-0.2, -0.15) is 0 Å². The first kappa shape index (κ1) is 14.8. The van der Waals surface area contributed by atoms with Crippen LogP contribution in [0.3, 0.4) is 0 Å². The molecule has 118 valence electrons. The molecule has 0 aliphatic carbocycles. The Balaban J connectivity index is 1.89. The van der Waals surface area contributed by atoms with Crippen molar-refractivity contribution in [1.29, 1.82) is 0 Å². The van der Waals surface area contributed by atoms with Crippen LogP contribution in [0, 0.1) is 0 Å². The number of aromatic nitrogens is 3. The minimum Gasteiger partial charge on any atom is -0.467 e. The summed E-state index contributed by atoms with van der Waals surface area (Å²) in [5.41, 5.74) is -0.839. The monoisotopic (exact) mass is 314 g/mol. The molecule has 0 saturated heterocycles. The maximum atomic E-state index is 12.4. The third-order valence-corrected chi connectivity index (χ3v) is 3.44. The van der Waals surface area contributed by atoms with Crippen molar-refractivity contribution in [2.45, 2.75) is 13.1 Å². The van der Waals surface area contributed by atoms with E-state index in [9.17, 15) is 14.4 Å². The molecule has 0 unspecified atom stereocenters. The van der Waals surface area contributed by atoms with Crippen molar-refractivity contribution in [1.82, 2.24) is 19.4 Å². The third-order valence-electron chi connectivity index (χ3n) is 3.44. The van der Waals surface area contributed by atoms with E-state index in [0.29, 0.717) is 5.76 Å². The summed E-state index contributed by atoms with van der Waals surface area (Å²) in [5, 5.41) is 2.88. The number of hydrogen-bond donors (Lipinski definition) is 1. The first-order valence-electron chi connectivity index (χ1n) is 6.91. The van der Waals surface area contributed by atoms with Gasteiger partial charge in [0.1, 0.15) is 18.0 Å². The van der Waals surface area contributed by atoms with E-state index in [1.807, 2.05) is 0 Å². The van der Waals surface area contributed by atoms with E-state index in [-0.39, 0.29) is 24.1 Å². The number of carbonyl (C=O) groups is 1. The van der Waals surface area contributed by atoms with Gasteiger partial charge < -0.3 is 9.73 Å². The third kappa shape index (κ3) is 2.78.